The van der Waals surface area contributed by atoms with Crippen LogP contribution in [-0.4, -0.2) is 18.8 Å². The van der Waals surface area contributed by atoms with E-state index in [4.69, 9.17) is 9.47 Å². The Kier molecular flexibility index (Phi) is 4.31. The van der Waals surface area contributed by atoms with E-state index in [2.05, 4.69) is 45.0 Å². The lowest BCUT2D eigenvalue weighted by molar-refractivity contribution is -0.0756. The zero-order chi connectivity index (χ0) is 17.8. The number of fused-ring (bicyclic) bond motifs is 9. The smallest absolute Gasteiger partial charge is 0.119 e. The molecule has 2 nitrogen and oxygen atoms in total. The fraction of sp³-hybridized carbons (Fsp3) is 0.750. The van der Waals surface area contributed by atoms with Crippen LogP contribution < -0.4 is 4.74 Å². The summed E-state index contributed by atoms with van der Waals surface area (Å²) < 4.78 is 12.5. The first-order valence-electron chi connectivity index (χ1n) is 11.1. The van der Waals surface area contributed by atoms with Crippen LogP contribution in [0.2, 0.25) is 0 Å². The molecule has 1 aromatic rings. The van der Waals surface area contributed by atoms with Crippen LogP contribution in [0.5, 0.6) is 5.75 Å². The molecule has 0 spiro atoms. The molecule has 0 N–H and O–H groups in total. The Balaban J connectivity index is 1.21. The van der Waals surface area contributed by atoms with E-state index in [1.165, 1.54) is 37.7 Å². The molecule has 0 amide bonds. The van der Waals surface area contributed by atoms with Crippen molar-refractivity contribution >= 4 is 0 Å². The van der Waals surface area contributed by atoms with Gasteiger partial charge in [0, 0.05) is 0 Å². The Bertz CT molecular complexity index is 634. The van der Waals surface area contributed by atoms with Crippen LogP contribution in [0, 0.1) is 35.5 Å². The van der Waals surface area contributed by atoms with Gasteiger partial charge in [-0.2, -0.15) is 0 Å². The summed E-state index contributed by atoms with van der Waals surface area (Å²) in [5, 5.41) is 0. The van der Waals surface area contributed by atoms with Crippen LogP contribution in [0.3, 0.4) is 0 Å². The minimum absolute atomic E-state index is 0.500. The Labute approximate surface area is 158 Å². The van der Waals surface area contributed by atoms with Crippen molar-refractivity contribution in [3.05, 3.63) is 29.8 Å². The van der Waals surface area contributed by atoms with Gasteiger partial charge in [-0.3, -0.25) is 0 Å². The fourth-order valence-corrected chi connectivity index (χ4v) is 7.34. The molecule has 2 heteroatoms. The summed E-state index contributed by atoms with van der Waals surface area (Å²) in [5.41, 5.74) is 1.46. The van der Waals surface area contributed by atoms with Gasteiger partial charge in [0.15, 0.2) is 0 Å². The second-order valence-corrected chi connectivity index (χ2v) is 9.48. The molecule has 0 aromatic heterocycles. The van der Waals surface area contributed by atoms with Crippen molar-refractivity contribution in [2.75, 3.05) is 6.61 Å². The number of hydrogen-bond donors (Lipinski definition) is 0. The minimum atomic E-state index is 0.500. The van der Waals surface area contributed by atoms with Crippen molar-refractivity contribution in [2.45, 2.75) is 71.0 Å². The molecule has 1 heterocycles. The normalized spacial score (nSPS) is 42.6. The maximum Gasteiger partial charge on any atom is 0.119 e. The van der Waals surface area contributed by atoms with Crippen LogP contribution in [0.4, 0.5) is 0 Å². The van der Waals surface area contributed by atoms with Crippen molar-refractivity contribution in [1.82, 2.24) is 0 Å². The summed E-state index contributed by atoms with van der Waals surface area (Å²) >= 11 is 0. The van der Waals surface area contributed by atoms with Gasteiger partial charge in [0.25, 0.3) is 0 Å². The zero-order valence-electron chi connectivity index (χ0n) is 16.6. The molecule has 1 aromatic carbocycles. The van der Waals surface area contributed by atoms with Gasteiger partial charge in [0.1, 0.15) is 5.75 Å². The number of ether oxygens (including phenoxy) is 2. The van der Waals surface area contributed by atoms with Gasteiger partial charge in [-0.05, 0) is 98.1 Å². The van der Waals surface area contributed by atoms with Gasteiger partial charge < -0.3 is 9.47 Å². The molecule has 4 fully saturated rings. The van der Waals surface area contributed by atoms with Crippen LogP contribution in [-0.2, 0) is 4.74 Å². The van der Waals surface area contributed by atoms with Crippen molar-refractivity contribution in [3.63, 3.8) is 0 Å². The maximum atomic E-state index is 6.27. The topological polar surface area (TPSA) is 18.5 Å². The molecule has 1 aliphatic heterocycles. The average Bonchev–Trinajstić information content (AvgIpc) is 3.40. The number of hydrogen-bond acceptors (Lipinski definition) is 2. The third-order valence-corrected chi connectivity index (χ3v) is 8.49. The molecule has 7 unspecified atom stereocenters. The lowest BCUT2D eigenvalue weighted by Crippen LogP contribution is -2.41. The summed E-state index contributed by atoms with van der Waals surface area (Å²) in [6, 6.07) is 8.94. The molecule has 5 rings (SSSR count). The van der Waals surface area contributed by atoms with Crippen LogP contribution in [0.15, 0.2) is 24.3 Å². The van der Waals surface area contributed by atoms with Gasteiger partial charge in [-0.1, -0.05) is 26.0 Å². The van der Waals surface area contributed by atoms with E-state index in [0.717, 1.165) is 47.9 Å². The largest absolute Gasteiger partial charge is 0.493 e. The van der Waals surface area contributed by atoms with Crippen LogP contribution in [0.1, 0.15) is 64.4 Å². The summed E-state index contributed by atoms with van der Waals surface area (Å²) in [6.45, 7) is 7.78. The molecule has 4 aliphatic rings. The van der Waals surface area contributed by atoms with Crippen LogP contribution >= 0.6 is 0 Å². The van der Waals surface area contributed by atoms with E-state index in [0.29, 0.717) is 18.1 Å². The average molecular weight is 355 g/mol. The van der Waals surface area contributed by atoms with E-state index in [9.17, 15) is 0 Å². The van der Waals surface area contributed by atoms with E-state index in [1.807, 2.05) is 0 Å². The van der Waals surface area contributed by atoms with Gasteiger partial charge in [-0.25, -0.2) is 0 Å². The minimum Gasteiger partial charge on any atom is -0.493 e. The molecule has 26 heavy (non-hydrogen) atoms. The quantitative estimate of drug-likeness (QED) is 0.613. The van der Waals surface area contributed by atoms with Crippen molar-refractivity contribution in [2.24, 2.45) is 35.5 Å². The molecule has 8 atom stereocenters. The predicted octanol–water partition coefficient (Wildman–Crippen LogP) is 5.66. The van der Waals surface area contributed by atoms with Gasteiger partial charge in [0.05, 0.1) is 18.8 Å². The Morgan fingerprint density at radius 1 is 1.00 bits per heavy atom. The first-order chi connectivity index (χ1) is 12.7. The Morgan fingerprint density at radius 3 is 2.50 bits per heavy atom. The predicted molar refractivity (Wildman–Crippen MR) is 104 cm³/mol. The first-order valence-corrected chi connectivity index (χ1v) is 11.1. The monoisotopic (exact) mass is 354 g/mol. The molecule has 142 valence electrons. The first kappa shape index (κ1) is 17.1. The molecule has 1 saturated heterocycles. The van der Waals surface area contributed by atoms with E-state index >= 15 is 0 Å². The third-order valence-electron chi connectivity index (χ3n) is 8.49. The van der Waals surface area contributed by atoms with Crippen molar-refractivity contribution < 1.29 is 9.47 Å². The Morgan fingerprint density at radius 2 is 1.77 bits per heavy atom. The number of benzene rings is 1. The highest BCUT2D eigenvalue weighted by molar-refractivity contribution is 5.29. The van der Waals surface area contributed by atoms with Gasteiger partial charge in [-0.15, -0.1) is 0 Å². The summed E-state index contributed by atoms with van der Waals surface area (Å²) in [6.07, 6.45) is 7.69. The second kappa shape index (κ2) is 6.55. The molecular weight excluding hydrogens is 320 g/mol. The SMILES string of the molecule is CCC(CC)c1ccc(OCC2CC3CC2C2C4C[C@H](OC4C)C32)cc1. The van der Waals surface area contributed by atoms with E-state index in [1.54, 1.807) is 0 Å². The zero-order valence-corrected chi connectivity index (χ0v) is 16.6. The highest BCUT2D eigenvalue weighted by Gasteiger charge is 2.64. The summed E-state index contributed by atoms with van der Waals surface area (Å²) in [4.78, 5) is 0. The number of rotatable bonds is 6. The second-order valence-electron chi connectivity index (χ2n) is 9.48. The lowest BCUT2D eigenvalue weighted by atomic mass is 9.70. The van der Waals surface area contributed by atoms with Crippen LogP contribution in [0.25, 0.3) is 0 Å². The van der Waals surface area contributed by atoms with Crippen molar-refractivity contribution in [1.29, 1.82) is 0 Å². The van der Waals surface area contributed by atoms with E-state index < -0.39 is 0 Å². The Hall–Kier alpha value is -1.02. The summed E-state index contributed by atoms with van der Waals surface area (Å²) in [7, 11) is 0. The molecule has 4 bridgehead atoms. The highest BCUT2D eigenvalue weighted by atomic mass is 16.5. The summed E-state index contributed by atoms with van der Waals surface area (Å²) in [5.74, 6) is 6.99. The molecule has 0 radical (unpaired) electrons. The standard InChI is InChI=1S/C24H34O2/c1-4-15(5-2)16-6-8-19(9-7-16)25-13-18-10-17-11-21(18)24-20-12-22(23(17)24)26-14(20)3/h6-9,14-15,17-18,20-24H,4-5,10-13H2,1-3H3/t14?,17?,18?,20?,21?,22-,23?,24?/m0/s1. The van der Waals surface area contributed by atoms with Crippen molar-refractivity contribution in [3.8, 4) is 5.75 Å². The maximum absolute atomic E-state index is 6.27. The fourth-order valence-electron chi connectivity index (χ4n) is 7.34. The third kappa shape index (κ3) is 2.55. The molecular formula is C24H34O2. The van der Waals surface area contributed by atoms with Gasteiger partial charge in [0.2, 0.25) is 0 Å². The van der Waals surface area contributed by atoms with E-state index in [-0.39, 0.29) is 0 Å². The molecule has 3 saturated carbocycles. The lowest BCUT2D eigenvalue weighted by Gasteiger charge is -2.40. The molecule has 3 aliphatic carbocycles. The van der Waals surface area contributed by atoms with Gasteiger partial charge >= 0.3 is 0 Å². The highest BCUT2D eigenvalue weighted by Crippen LogP contribution is 2.66.